The highest BCUT2D eigenvalue weighted by atomic mass is 16.2. The predicted molar refractivity (Wildman–Crippen MR) is 74.6 cm³/mol. The molecule has 0 aromatic rings. The summed E-state index contributed by atoms with van der Waals surface area (Å²) in [5.41, 5.74) is -1.42. The minimum atomic E-state index is -0.711. The summed E-state index contributed by atoms with van der Waals surface area (Å²) in [5, 5.41) is 0. The van der Waals surface area contributed by atoms with E-state index in [-0.39, 0.29) is 43.1 Å². The second-order valence-electron chi connectivity index (χ2n) is 6.58. The van der Waals surface area contributed by atoms with Gasteiger partial charge in [0.2, 0.25) is 23.6 Å². The summed E-state index contributed by atoms with van der Waals surface area (Å²) >= 11 is 0. The Morgan fingerprint density at radius 2 is 1.14 bits per heavy atom. The molecule has 2 atom stereocenters. The van der Waals surface area contributed by atoms with Crippen molar-refractivity contribution in [3.8, 4) is 0 Å². The summed E-state index contributed by atoms with van der Waals surface area (Å²) in [6.45, 7) is 6.97. The van der Waals surface area contributed by atoms with E-state index in [1.54, 1.807) is 13.8 Å². The van der Waals surface area contributed by atoms with Crippen LogP contribution in [0.5, 0.6) is 0 Å². The number of hydrogen-bond acceptors (Lipinski definition) is 4. The molecular weight excluding hydrogens is 272 g/mol. The third-order valence-electron chi connectivity index (χ3n) is 5.05. The second-order valence-corrected chi connectivity index (χ2v) is 6.58. The summed E-state index contributed by atoms with van der Waals surface area (Å²) in [6.07, 6.45) is 1.40. The molecule has 116 valence electrons. The molecule has 0 aliphatic carbocycles. The van der Waals surface area contributed by atoms with Gasteiger partial charge in [-0.2, -0.15) is 0 Å². The highest BCUT2D eigenvalue weighted by molar-refractivity contribution is 6.08. The van der Waals surface area contributed by atoms with Crippen molar-refractivity contribution in [1.29, 1.82) is 0 Å². The molecule has 2 unspecified atom stereocenters. The van der Waals surface area contributed by atoms with Crippen LogP contribution in [0, 0.1) is 10.8 Å². The third kappa shape index (κ3) is 2.26. The van der Waals surface area contributed by atoms with Crippen molar-refractivity contribution in [2.45, 2.75) is 53.4 Å². The van der Waals surface area contributed by atoms with Gasteiger partial charge < -0.3 is 0 Å². The summed E-state index contributed by atoms with van der Waals surface area (Å²) in [7, 11) is 0. The van der Waals surface area contributed by atoms with Crippen molar-refractivity contribution in [3.05, 3.63) is 0 Å². The van der Waals surface area contributed by atoms with Crippen LogP contribution in [0.3, 0.4) is 0 Å². The first-order chi connectivity index (χ1) is 9.68. The van der Waals surface area contributed by atoms with Crippen molar-refractivity contribution in [3.63, 3.8) is 0 Å². The van der Waals surface area contributed by atoms with Crippen LogP contribution in [0.4, 0.5) is 0 Å². The highest BCUT2D eigenvalue weighted by Gasteiger charge is 2.52. The van der Waals surface area contributed by atoms with Gasteiger partial charge in [0.1, 0.15) is 6.67 Å². The Morgan fingerprint density at radius 3 is 1.38 bits per heavy atom. The average molecular weight is 294 g/mol. The van der Waals surface area contributed by atoms with Gasteiger partial charge in [0.05, 0.1) is 10.8 Å². The molecule has 0 radical (unpaired) electrons. The van der Waals surface area contributed by atoms with E-state index < -0.39 is 10.8 Å². The standard InChI is InChI=1S/C15H22N2O4/c1-5-14(3)7-10(18)16(12(14)20)9-17-11(19)8-15(4,6-2)13(17)21/h5-9H2,1-4H3. The van der Waals surface area contributed by atoms with E-state index in [1.165, 1.54) is 0 Å². The maximum absolute atomic E-state index is 12.4. The van der Waals surface area contributed by atoms with Crippen molar-refractivity contribution >= 4 is 23.6 Å². The lowest BCUT2D eigenvalue weighted by molar-refractivity contribution is -0.150. The van der Waals surface area contributed by atoms with E-state index in [2.05, 4.69) is 0 Å². The zero-order chi connectivity index (χ0) is 16.0. The fraction of sp³-hybridized carbons (Fsp3) is 0.733. The number of nitrogens with zero attached hydrogens (tertiary/aromatic N) is 2. The second kappa shape index (κ2) is 4.93. The Bertz CT molecular complexity index is 484. The van der Waals surface area contributed by atoms with E-state index in [0.717, 1.165) is 9.80 Å². The predicted octanol–water partition coefficient (Wildman–Crippen LogP) is 1.29. The molecule has 0 saturated carbocycles. The van der Waals surface area contributed by atoms with Gasteiger partial charge in [0.25, 0.3) is 0 Å². The van der Waals surface area contributed by atoms with Gasteiger partial charge in [-0.05, 0) is 12.8 Å². The van der Waals surface area contributed by atoms with Crippen molar-refractivity contribution < 1.29 is 19.2 Å². The molecule has 2 aliphatic rings. The molecule has 2 aliphatic heterocycles. The number of likely N-dealkylation sites (tertiary alicyclic amines) is 2. The number of carbonyl (C=O) groups excluding carboxylic acids is 4. The SMILES string of the molecule is CCC1(C)CC(=O)N(CN2C(=O)CC(C)(CC)C2=O)C1=O. The van der Waals surface area contributed by atoms with Crippen LogP contribution in [-0.2, 0) is 19.2 Å². The maximum Gasteiger partial charge on any atom is 0.237 e. The third-order valence-corrected chi connectivity index (χ3v) is 5.05. The summed E-state index contributed by atoms with van der Waals surface area (Å²) in [5.74, 6) is -1.20. The number of rotatable bonds is 4. The van der Waals surface area contributed by atoms with Crippen LogP contribution in [0.25, 0.3) is 0 Å². The van der Waals surface area contributed by atoms with Gasteiger partial charge in [0, 0.05) is 12.8 Å². The van der Waals surface area contributed by atoms with Crippen molar-refractivity contribution in [2.75, 3.05) is 6.67 Å². The fourth-order valence-corrected chi connectivity index (χ4v) is 2.87. The number of imide groups is 2. The molecule has 6 heteroatoms. The van der Waals surface area contributed by atoms with Crippen LogP contribution < -0.4 is 0 Å². The summed E-state index contributed by atoms with van der Waals surface area (Å²) < 4.78 is 0. The lowest BCUT2D eigenvalue weighted by atomic mass is 9.86. The minimum Gasteiger partial charge on any atom is -0.274 e. The van der Waals surface area contributed by atoms with E-state index in [4.69, 9.17) is 0 Å². The molecule has 0 N–H and O–H groups in total. The molecule has 6 nitrogen and oxygen atoms in total. The fourth-order valence-electron chi connectivity index (χ4n) is 2.87. The molecule has 0 aromatic heterocycles. The molecule has 0 spiro atoms. The zero-order valence-corrected chi connectivity index (χ0v) is 13.1. The molecular formula is C15H22N2O4. The van der Waals surface area contributed by atoms with Crippen LogP contribution >= 0.6 is 0 Å². The van der Waals surface area contributed by atoms with Crippen molar-refractivity contribution in [1.82, 2.24) is 9.80 Å². The summed E-state index contributed by atoms with van der Waals surface area (Å²) in [4.78, 5) is 50.9. The highest BCUT2D eigenvalue weighted by Crippen LogP contribution is 2.38. The van der Waals surface area contributed by atoms with Gasteiger partial charge in [-0.15, -0.1) is 0 Å². The normalized spacial score (nSPS) is 33.5. The first-order valence-corrected chi connectivity index (χ1v) is 7.38. The number of hydrogen-bond donors (Lipinski definition) is 0. The van der Waals surface area contributed by atoms with Gasteiger partial charge in [-0.3, -0.25) is 29.0 Å². The number of carbonyl (C=O) groups is 4. The molecule has 2 rings (SSSR count). The van der Waals surface area contributed by atoms with Gasteiger partial charge in [-0.25, -0.2) is 0 Å². The Hall–Kier alpha value is -1.72. The van der Waals surface area contributed by atoms with Crippen molar-refractivity contribution in [2.24, 2.45) is 10.8 Å². The van der Waals surface area contributed by atoms with E-state index in [0.29, 0.717) is 12.8 Å². The molecule has 2 saturated heterocycles. The summed E-state index contributed by atoms with van der Waals surface area (Å²) in [6, 6.07) is 0. The smallest absolute Gasteiger partial charge is 0.237 e. The topological polar surface area (TPSA) is 74.8 Å². The minimum absolute atomic E-state index is 0.142. The first-order valence-electron chi connectivity index (χ1n) is 7.38. The van der Waals surface area contributed by atoms with Crippen LogP contribution in [0.2, 0.25) is 0 Å². The molecule has 21 heavy (non-hydrogen) atoms. The van der Waals surface area contributed by atoms with Crippen LogP contribution in [0.15, 0.2) is 0 Å². The number of amides is 4. The van der Waals surface area contributed by atoms with Gasteiger partial charge in [-0.1, -0.05) is 27.7 Å². The quantitative estimate of drug-likeness (QED) is 0.732. The monoisotopic (exact) mass is 294 g/mol. The largest absolute Gasteiger partial charge is 0.274 e. The molecule has 0 bridgehead atoms. The molecule has 2 fully saturated rings. The molecule has 0 aromatic carbocycles. The van der Waals surface area contributed by atoms with E-state index in [1.807, 2.05) is 13.8 Å². The van der Waals surface area contributed by atoms with Gasteiger partial charge in [0.15, 0.2) is 0 Å². The Morgan fingerprint density at radius 1 is 0.810 bits per heavy atom. The van der Waals surface area contributed by atoms with E-state index in [9.17, 15) is 19.2 Å². The Balaban J connectivity index is 2.20. The Kier molecular flexibility index (Phi) is 3.68. The average Bonchev–Trinajstić information content (AvgIpc) is 2.79. The van der Waals surface area contributed by atoms with Gasteiger partial charge >= 0.3 is 0 Å². The van der Waals surface area contributed by atoms with Crippen LogP contribution in [-0.4, -0.2) is 40.1 Å². The Labute approximate surface area is 124 Å². The molecule has 4 amide bonds. The molecule has 2 heterocycles. The zero-order valence-electron chi connectivity index (χ0n) is 13.1. The lowest BCUT2D eigenvalue weighted by Crippen LogP contribution is -2.46. The lowest BCUT2D eigenvalue weighted by Gasteiger charge is -2.25. The maximum atomic E-state index is 12.4. The first kappa shape index (κ1) is 15.7. The van der Waals surface area contributed by atoms with Crippen LogP contribution in [0.1, 0.15) is 53.4 Å². The van der Waals surface area contributed by atoms with E-state index >= 15 is 0 Å².